The molecule has 0 spiro atoms. The van der Waals surface area contributed by atoms with Gasteiger partial charge in [0.25, 0.3) is 0 Å². The van der Waals surface area contributed by atoms with Gasteiger partial charge >= 0.3 is 11.9 Å². The molecule has 0 saturated heterocycles. The van der Waals surface area contributed by atoms with Crippen LogP contribution >= 0.6 is 0 Å². The Kier molecular flexibility index (Phi) is 16.0. The van der Waals surface area contributed by atoms with Crippen molar-refractivity contribution in [2.24, 2.45) is 0 Å². The lowest BCUT2D eigenvalue weighted by molar-refractivity contribution is -0.150. The lowest BCUT2D eigenvalue weighted by atomic mass is 10.0. The van der Waals surface area contributed by atoms with Crippen molar-refractivity contribution in [1.29, 1.82) is 0 Å². The molecule has 24 heavy (non-hydrogen) atoms. The number of carbonyl (C=O) groups excluding carboxylic acids is 1. The molecule has 0 aromatic heterocycles. The van der Waals surface area contributed by atoms with Crippen molar-refractivity contribution in [3.8, 4) is 0 Å². The van der Waals surface area contributed by atoms with E-state index in [2.05, 4.69) is 13.8 Å². The fourth-order valence-corrected chi connectivity index (χ4v) is 2.83. The molecule has 0 aromatic carbocycles. The van der Waals surface area contributed by atoms with Crippen molar-refractivity contribution in [2.75, 3.05) is 0 Å². The normalized spacial score (nSPS) is 12.1. The van der Waals surface area contributed by atoms with E-state index in [1.807, 2.05) is 0 Å². The second-order valence-corrected chi connectivity index (χ2v) is 6.76. The van der Waals surface area contributed by atoms with Crippen LogP contribution in [0.1, 0.15) is 110 Å². The number of aliphatic carboxylic acids is 1. The number of carbonyl (C=O) groups is 2. The molecule has 0 radical (unpaired) electrons. The van der Waals surface area contributed by atoms with Crippen LogP contribution in [-0.4, -0.2) is 23.1 Å². The summed E-state index contributed by atoms with van der Waals surface area (Å²) in [4.78, 5) is 22.4. The maximum absolute atomic E-state index is 11.9. The monoisotopic (exact) mass is 342 g/mol. The molecule has 0 fully saturated rings. The fraction of sp³-hybridized carbons (Fsp3) is 0.900. The molecule has 0 aliphatic heterocycles. The van der Waals surface area contributed by atoms with Crippen LogP contribution in [0.25, 0.3) is 0 Å². The molecule has 0 aromatic rings. The fourth-order valence-electron chi connectivity index (χ4n) is 2.83. The standard InChI is InChI=1S/C20H38O4/c1-3-5-7-11-14-18(24-20(23)17-10-6-4-2)15-12-8-9-13-16-19(21)22/h18H,3-17H2,1-2H3,(H,21,22). The van der Waals surface area contributed by atoms with E-state index in [4.69, 9.17) is 9.84 Å². The topological polar surface area (TPSA) is 63.6 Å². The predicted molar refractivity (Wildman–Crippen MR) is 98.1 cm³/mol. The third-order valence-corrected chi connectivity index (χ3v) is 4.33. The van der Waals surface area contributed by atoms with Gasteiger partial charge in [-0.2, -0.15) is 0 Å². The molecular formula is C20H38O4. The van der Waals surface area contributed by atoms with E-state index < -0.39 is 5.97 Å². The molecule has 1 N–H and O–H groups in total. The van der Waals surface area contributed by atoms with Crippen LogP contribution < -0.4 is 0 Å². The third kappa shape index (κ3) is 15.8. The molecule has 1 atom stereocenters. The first kappa shape index (κ1) is 22.9. The van der Waals surface area contributed by atoms with Gasteiger partial charge in [0.05, 0.1) is 0 Å². The highest BCUT2D eigenvalue weighted by molar-refractivity contribution is 5.69. The van der Waals surface area contributed by atoms with Crippen LogP contribution in [0, 0.1) is 0 Å². The van der Waals surface area contributed by atoms with Crippen LogP contribution in [-0.2, 0) is 14.3 Å². The summed E-state index contributed by atoms with van der Waals surface area (Å²) in [5, 5.41) is 8.63. The maximum atomic E-state index is 11.9. The predicted octanol–water partition coefficient (Wildman–Crippen LogP) is 5.87. The first-order chi connectivity index (χ1) is 11.6. The van der Waals surface area contributed by atoms with E-state index in [0.29, 0.717) is 6.42 Å². The quantitative estimate of drug-likeness (QED) is 0.265. The highest BCUT2D eigenvalue weighted by Gasteiger charge is 2.14. The van der Waals surface area contributed by atoms with Gasteiger partial charge in [-0.3, -0.25) is 9.59 Å². The Morgan fingerprint density at radius 3 is 1.83 bits per heavy atom. The summed E-state index contributed by atoms with van der Waals surface area (Å²) in [6, 6.07) is 0. The van der Waals surface area contributed by atoms with Crippen LogP contribution in [0.15, 0.2) is 0 Å². The Bertz CT molecular complexity index is 315. The number of rotatable bonds is 17. The van der Waals surface area contributed by atoms with Gasteiger partial charge in [0, 0.05) is 12.8 Å². The van der Waals surface area contributed by atoms with Crippen LogP contribution in [0.5, 0.6) is 0 Å². The number of carboxylic acid groups (broad SMARTS) is 1. The first-order valence-electron chi connectivity index (χ1n) is 10.0. The molecule has 0 amide bonds. The SMILES string of the molecule is CCCCCCC(CCCCCCC(=O)O)OC(=O)CCCCC. The van der Waals surface area contributed by atoms with Gasteiger partial charge in [0.2, 0.25) is 0 Å². The van der Waals surface area contributed by atoms with Crippen molar-refractivity contribution in [2.45, 2.75) is 116 Å². The Morgan fingerprint density at radius 1 is 0.750 bits per heavy atom. The molecule has 4 nitrogen and oxygen atoms in total. The summed E-state index contributed by atoms with van der Waals surface area (Å²) in [6.07, 6.45) is 14.4. The van der Waals surface area contributed by atoms with Gasteiger partial charge in [0.1, 0.15) is 6.10 Å². The van der Waals surface area contributed by atoms with Gasteiger partial charge in [-0.05, 0) is 38.5 Å². The lowest BCUT2D eigenvalue weighted by Gasteiger charge is -2.18. The summed E-state index contributed by atoms with van der Waals surface area (Å²) in [6.45, 7) is 4.33. The average molecular weight is 343 g/mol. The first-order valence-corrected chi connectivity index (χ1v) is 10.0. The molecule has 0 saturated carbocycles. The Morgan fingerprint density at radius 2 is 1.25 bits per heavy atom. The zero-order valence-corrected chi connectivity index (χ0v) is 15.9. The van der Waals surface area contributed by atoms with Crippen molar-refractivity contribution in [1.82, 2.24) is 0 Å². The number of esters is 1. The molecule has 142 valence electrons. The summed E-state index contributed by atoms with van der Waals surface area (Å²) < 4.78 is 5.69. The molecule has 1 unspecified atom stereocenters. The number of hydrogen-bond acceptors (Lipinski definition) is 3. The van der Waals surface area contributed by atoms with E-state index in [1.165, 1.54) is 19.3 Å². The zero-order valence-electron chi connectivity index (χ0n) is 15.9. The third-order valence-electron chi connectivity index (χ3n) is 4.33. The van der Waals surface area contributed by atoms with Crippen LogP contribution in [0.2, 0.25) is 0 Å². The smallest absolute Gasteiger partial charge is 0.306 e. The second-order valence-electron chi connectivity index (χ2n) is 6.76. The van der Waals surface area contributed by atoms with Gasteiger partial charge in [-0.15, -0.1) is 0 Å². The van der Waals surface area contributed by atoms with E-state index in [0.717, 1.165) is 64.2 Å². The number of ether oxygens (including phenoxy) is 1. The van der Waals surface area contributed by atoms with Crippen LogP contribution in [0.4, 0.5) is 0 Å². The van der Waals surface area contributed by atoms with Crippen LogP contribution in [0.3, 0.4) is 0 Å². The Hall–Kier alpha value is -1.06. The summed E-state index contributed by atoms with van der Waals surface area (Å²) >= 11 is 0. The number of hydrogen-bond donors (Lipinski definition) is 1. The molecule has 0 aliphatic carbocycles. The maximum Gasteiger partial charge on any atom is 0.306 e. The van der Waals surface area contributed by atoms with Crippen molar-refractivity contribution in [3.05, 3.63) is 0 Å². The highest BCUT2D eigenvalue weighted by atomic mass is 16.5. The van der Waals surface area contributed by atoms with Gasteiger partial charge < -0.3 is 9.84 Å². The zero-order chi connectivity index (χ0) is 18.0. The average Bonchev–Trinajstić information content (AvgIpc) is 2.54. The van der Waals surface area contributed by atoms with Gasteiger partial charge in [0.15, 0.2) is 0 Å². The summed E-state index contributed by atoms with van der Waals surface area (Å²) in [5.74, 6) is -0.764. The number of carboxylic acids is 1. The van der Waals surface area contributed by atoms with E-state index in [1.54, 1.807) is 0 Å². The van der Waals surface area contributed by atoms with E-state index >= 15 is 0 Å². The number of unbranched alkanes of at least 4 members (excludes halogenated alkanes) is 8. The lowest BCUT2D eigenvalue weighted by Crippen LogP contribution is -2.18. The minimum Gasteiger partial charge on any atom is -0.481 e. The van der Waals surface area contributed by atoms with Crippen molar-refractivity contribution in [3.63, 3.8) is 0 Å². The molecular weight excluding hydrogens is 304 g/mol. The van der Waals surface area contributed by atoms with Gasteiger partial charge in [-0.25, -0.2) is 0 Å². The van der Waals surface area contributed by atoms with Gasteiger partial charge in [-0.1, -0.05) is 58.8 Å². The molecule has 0 aliphatic rings. The second kappa shape index (κ2) is 16.8. The Balaban J connectivity index is 3.98. The minimum atomic E-state index is -0.718. The molecule has 4 heteroatoms. The Labute approximate surface area is 148 Å². The van der Waals surface area contributed by atoms with E-state index in [-0.39, 0.29) is 18.5 Å². The minimum absolute atomic E-state index is 0.0465. The molecule has 0 heterocycles. The van der Waals surface area contributed by atoms with E-state index in [9.17, 15) is 9.59 Å². The van der Waals surface area contributed by atoms with Crippen molar-refractivity contribution >= 4 is 11.9 Å². The highest BCUT2D eigenvalue weighted by Crippen LogP contribution is 2.17. The van der Waals surface area contributed by atoms with Crippen molar-refractivity contribution < 1.29 is 19.4 Å². The summed E-state index contributed by atoms with van der Waals surface area (Å²) in [5.41, 5.74) is 0. The largest absolute Gasteiger partial charge is 0.481 e. The molecule has 0 rings (SSSR count). The summed E-state index contributed by atoms with van der Waals surface area (Å²) in [7, 11) is 0. The molecule has 0 bridgehead atoms.